The van der Waals surface area contributed by atoms with Crippen LogP contribution in [0, 0.1) is 0 Å². The summed E-state index contributed by atoms with van der Waals surface area (Å²) in [6.07, 6.45) is 0. The van der Waals surface area contributed by atoms with Crippen LogP contribution in [0.5, 0.6) is 5.75 Å². The monoisotopic (exact) mass is 269 g/mol. The second kappa shape index (κ2) is 6.50. The molecule has 100 valence electrons. The fraction of sp³-hybridized carbons (Fsp3) is 0.462. The minimum atomic E-state index is 0.593. The third-order valence-corrected chi connectivity index (χ3v) is 2.71. The average Bonchev–Trinajstić information content (AvgIpc) is 2.28. The first-order valence-corrected chi connectivity index (χ1v) is 6.05. The molecule has 0 aliphatic rings. The number of nitrogens with zero attached hydrogens (tertiary/aromatic N) is 3. The van der Waals surface area contributed by atoms with Gasteiger partial charge in [-0.15, -0.1) is 0 Å². The Morgan fingerprint density at radius 2 is 1.83 bits per heavy atom. The van der Waals surface area contributed by atoms with E-state index in [1.54, 1.807) is 7.11 Å². The summed E-state index contributed by atoms with van der Waals surface area (Å²) in [5.41, 5.74) is 1.06. The average molecular weight is 270 g/mol. The molecule has 0 spiro atoms. The Kier molecular flexibility index (Phi) is 5.28. The molecule has 1 rings (SSSR count). The normalized spacial score (nSPS) is 9.89. The highest BCUT2D eigenvalue weighted by Gasteiger charge is 2.05. The molecule has 1 aromatic rings. The molecule has 0 saturated carbocycles. The van der Waals surface area contributed by atoms with Crippen molar-refractivity contribution in [2.75, 3.05) is 35.3 Å². The van der Waals surface area contributed by atoms with Gasteiger partial charge in [0.2, 0.25) is 0 Å². The molecule has 0 amide bonds. The molecule has 4 nitrogen and oxygen atoms in total. The van der Waals surface area contributed by atoms with Gasteiger partial charge in [0.1, 0.15) is 5.75 Å². The topological polar surface area (TPSA) is 28.1 Å². The van der Waals surface area contributed by atoms with Crippen LogP contribution in [0.1, 0.15) is 5.56 Å². The number of benzene rings is 1. The van der Waals surface area contributed by atoms with Gasteiger partial charge in [0.25, 0.3) is 0 Å². The maximum atomic E-state index is 6.08. The number of methoxy groups -OCH3 is 1. The van der Waals surface area contributed by atoms with Crippen LogP contribution in [0.25, 0.3) is 0 Å². The number of aliphatic imine (C=N–C) groups is 1. The summed E-state index contributed by atoms with van der Waals surface area (Å²) in [5, 5.41) is 0.612. The highest BCUT2D eigenvalue weighted by Crippen LogP contribution is 2.25. The zero-order valence-corrected chi connectivity index (χ0v) is 12.3. The Morgan fingerprint density at radius 1 is 1.22 bits per heavy atom. The smallest absolute Gasteiger partial charge is 0.195 e. The molecule has 18 heavy (non-hydrogen) atoms. The van der Waals surface area contributed by atoms with Crippen molar-refractivity contribution in [3.63, 3.8) is 0 Å². The van der Waals surface area contributed by atoms with Crippen molar-refractivity contribution in [2.45, 2.75) is 6.54 Å². The second-order valence-corrected chi connectivity index (χ2v) is 4.78. The Hall–Kier alpha value is -1.42. The quantitative estimate of drug-likeness (QED) is 0.623. The molecule has 0 saturated heterocycles. The van der Waals surface area contributed by atoms with E-state index in [0.29, 0.717) is 17.3 Å². The second-order valence-electron chi connectivity index (χ2n) is 4.37. The number of ether oxygens (including phenoxy) is 1. The van der Waals surface area contributed by atoms with Gasteiger partial charge in [-0.3, -0.25) is 0 Å². The van der Waals surface area contributed by atoms with E-state index < -0.39 is 0 Å². The molecule has 0 radical (unpaired) electrons. The predicted octanol–water partition coefficient (Wildman–Crippen LogP) is 2.33. The summed E-state index contributed by atoms with van der Waals surface area (Å²) in [4.78, 5) is 8.51. The molecule has 0 heterocycles. The minimum Gasteiger partial charge on any atom is -0.495 e. The third-order valence-electron chi connectivity index (χ3n) is 2.42. The lowest BCUT2D eigenvalue weighted by Gasteiger charge is -2.22. The van der Waals surface area contributed by atoms with Crippen molar-refractivity contribution in [3.05, 3.63) is 28.8 Å². The van der Waals surface area contributed by atoms with Crippen molar-refractivity contribution in [3.8, 4) is 5.75 Å². The highest BCUT2D eigenvalue weighted by molar-refractivity contribution is 6.32. The van der Waals surface area contributed by atoms with E-state index >= 15 is 0 Å². The van der Waals surface area contributed by atoms with Gasteiger partial charge in [-0.05, 0) is 17.7 Å². The van der Waals surface area contributed by atoms with Crippen molar-refractivity contribution < 1.29 is 4.74 Å². The molecule has 0 atom stereocenters. The van der Waals surface area contributed by atoms with Crippen LogP contribution in [-0.2, 0) is 6.54 Å². The number of guanidine groups is 1. The van der Waals surface area contributed by atoms with Crippen LogP contribution < -0.4 is 4.74 Å². The first kappa shape index (κ1) is 14.6. The van der Waals surface area contributed by atoms with Crippen LogP contribution in [0.4, 0.5) is 0 Å². The van der Waals surface area contributed by atoms with Gasteiger partial charge in [-0.1, -0.05) is 17.7 Å². The van der Waals surface area contributed by atoms with Gasteiger partial charge in [-0.25, -0.2) is 4.99 Å². The maximum absolute atomic E-state index is 6.08. The standard InChI is InChI=1S/C13H20ClN3O/c1-16(2)13(17(3)4)15-9-10-6-7-12(18-5)11(14)8-10/h6-8H,9H2,1-5H3. The van der Waals surface area contributed by atoms with E-state index in [0.717, 1.165) is 11.5 Å². The third kappa shape index (κ3) is 3.81. The van der Waals surface area contributed by atoms with Gasteiger partial charge in [-0.2, -0.15) is 0 Å². The lowest BCUT2D eigenvalue weighted by molar-refractivity contribution is 0.415. The lowest BCUT2D eigenvalue weighted by atomic mass is 10.2. The van der Waals surface area contributed by atoms with Gasteiger partial charge in [0.05, 0.1) is 18.7 Å². The highest BCUT2D eigenvalue weighted by atomic mass is 35.5. The molecule has 0 fully saturated rings. The maximum Gasteiger partial charge on any atom is 0.195 e. The summed E-state index contributed by atoms with van der Waals surface area (Å²) in [5.74, 6) is 1.60. The SMILES string of the molecule is COc1ccc(CN=C(N(C)C)N(C)C)cc1Cl. The van der Waals surface area contributed by atoms with Crippen molar-refractivity contribution in [2.24, 2.45) is 4.99 Å². The zero-order valence-electron chi connectivity index (χ0n) is 11.6. The summed E-state index contributed by atoms with van der Waals surface area (Å²) in [7, 11) is 9.49. The molecule has 1 aromatic carbocycles. The summed E-state index contributed by atoms with van der Waals surface area (Å²) < 4.78 is 5.12. The number of hydrogen-bond acceptors (Lipinski definition) is 2. The van der Waals surface area contributed by atoms with Gasteiger partial charge >= 0.3 is 0 Å². The van der Waals surface area contributed by atoms with Crippen LogP contribution in [0.2, 0.25) is 5.02 Å². The van der Waals surface area contributed by atoms with Gasteiger partial charge in [0.15, 0.2) is 5.96 Å². The zero-order chi connectivity index (χ0) is 13.7. The van der Waals surface area contributed by atoms with Crippen LogP contribution in [0.3, 0.4) is 0 Å². The summed E-state index contributed by atoms with van der Waals surface area (Å²) in [6, 6.07) is 5.71. The first-order chi connectivity index (χ1) is 8.45. The molecule has 0 aromatic heterocycles. The largest absolute Gasteiger partial charge is 0.495 e. The van der Waals surface area contributed by atoms with Crippen molar-refractivity contribution >= 4 is 17.6 Å². The van der Waals surface area contributed by atoms with Gasteiger partial charge in [0, 0.05) is 28.2 Å². The molecule has 0 aliphatic heterocycles. The number of hydrogen-bond donors (Lipinski definition) is 0. The fourth-order valence-corrected chi connectivity index (χ4v) is 1.93. The molecule has 0 bridgehead atoms. The Bertz CT molecular complexity index is 420. The van der Waals surface area contributed by atoms with E-state index in [1.165, 1.54) is 0 Å². The van der Waals surface area contributed by atoms with E-state index in [4.69, 9.17) is 16.3 Å². The van der Waals surface area contributed by atoms with Crippen LogP contribution in [-0.4, -0.2) is 51.1 Å². The van der Waals surface area contributed by atoms with E-state index in [9.17, 15) is 0 Å². The van der Waals surface area contributed by atoms with E-state index in [1.807, 2.05) is 56.2 Å². The molecular formula is C13H20ClN3O. The Labute approximate surface area is 114 Å². The summed E-state index contributed by atoms with van der Waals surface area (Å²) >= 11 is 6.08. The number of rotatable bonds is 3. The molecular weight excluding hydrogens is 250 g/mol. The first-order valence-electron chi connectivity index (χ1n) is 5.67. The lowest BCUT2D eigenvalue weighted by Crippen LogP contribution is -2.35. The molecule has 0 N–H and O–H groups in total. The Balaban J connectivity index is 2.85. The molecule has 0 unspecified atom stereocenters. The molecule has 0 aliphatic carbocycles. The van der Waals surface area contributed by atoms with E-state index in [2.05, 4.69) is 4.99 Å². The van der Waals surface area contributed by atoms with Crippen LogP contribution >= 0.6 is 11.6 Å². The predicted molar refractivity (Wildman–Crippen MR) is 76.5 cm³/mol. The minimum absolute atomic E-state index is 0.593. The van der Waals surface area contributed by atoms with Crippen LogP contribution in [0.15, 0.2) is 23.2 Å². The van der Waals surface area contributed by atoms with Crippen molar-refractivity contribution in [1.82, 2.24) is 9.80 Å². The Morgan fingerprint density at radius 3 is 2.28 bits per heavy atom. The van der Waals surface area contributed by atoms with E-state index in [-0.39, 0.29) is 0 Å². The van der Waals surface area contributed by atoms with Crippen molar-refractivity contribution in [1.29, 1.82) is 0 Å². The van der Waals surface area contributed by atoms with Gasteiger partial charge < -0.3 is 14.5 Å². The fourth-order valence-electron chi connectivity index (χ4n) is 1.65. The summed E-state index contributed by atoms with van der Waals surface area (Å²) in [6.45, 7) is 0.593. The molecule has 5 heteroatoms. The number of halogens is 1.